The molecule has 0 aromatic heterocycles. The fourth-order valence-corrected chi connectivity index (χ4v) is 4.96. The number of nitrogens with one attached hydrogen (secondary N) is 2. The molecular formula is C21H21FN2O7S2. The van der Waals surface area contributed by atoms with E-state index in [1.165, 1.54) is 69.9 Å². The summed E-state index contributed by atoms with van der Waals surface area (Å²) in [5, 5.41) is 0. The number of sulfonamides is 2. The van der Waals surface area contributed by atoms with E-state index in [0.717, 1.165) is 6.07 Å². The summed E-state index contributed by atoms with van der Waals surface area (Å²) in [5.41, 5.74) is 0.289. The van der Waals surface area contributed by atoms with E-state index in [2.05, 4.69) is 9.44 Å². The van der Waals surface area contributed by atoms with Gasteiger partial charge in [-0.1, -0.05) is 0 Å². The highest BCUT2D eigenvalue weighted by Crippen LogP contribution is 2.31. The van der Waals surface area contributed by atoms with Gasteiger partial charge in [-0.25, -0.2) is 21.2 Å². The number of rotatable bonds is 9. The highest BCUT2D eigenvalue weighted by molar-refractivity contribution is 7.93. The molecular weight excluding hydrogens is 475 g/mol. The molecule has 0 radical (unpaired) electrons. The first-order chi connectivity index (χ1) is 15.6. The largest absolute Gasteiger partial charge is 0.497 e. The molecule has 0 fully saturated rings. The van der Waals surface area contributed by atoms with Crippen LogP contribution in [0.5, 0.6) is 17.2 Å². The lowest BCUT2D eigenvalue weighted by Gasteiger charge is -2.13. The molecule has 0 spiro atoms. The van der Waals surface area contributed by atoms with Crippen molar-refractivity contribution < 1.29 is 35.4 Å². The molecule has 3 rings (SSSR count). The number of hydrogen-bond donors (Lipinski definition) is 2. The van der Waals surface area contributed by atoms with E-state index in [-0.39, 0.29) is 32.7 Å². The van der Waals surface area contributed by atoms with E-state index < -0.39 is 25.9 Å². The van der Waals surface area contributed by atoms with Crippen LogP contribution in [0, 0.1) is 5.82 Å². The SMILES string of the molecule is COc1ccc(NS(=O)(=O)c2ccc(NS(=O)(=O)c3ccc(OC)c(F)c3)cc2)c(OC)c1. The molecule has 12 heteroatoms. The fraction of sp³-hybridized carbons (Fsp3) is 0.143. The van der Waals surface area contributed by atoms with E-state index in [9.17, 15) is 21.2 Å². The van der Waals surface area contributed by atoms with Crippen molar-refractivity contribution in [3.8, 4) is 17.2 Å². The van der Waals surface area contributed by atoms with E-state index in [0.29, 0.717) is 5.75 Å². The van der Waals surface area contributed by atoms with Crippen LogP contribution in [-0.4, -0.2) is 38.2 Å². The Hall–Kier alpha value is -3.51. The maximum atomic E-state index is 13.9. The second-order valence-corrected chi connectivity index (χ2v) is 9.96. The van der Waals surface area contributed by atoms with Crippen molar-refractivity contribution in [2.45, 2.75) is 9.79 Å². The number of hydrogen-bond acceptors (Lipinski definition) is 7. The molecule has 176 valence electrons. The van der Waals surface area contributed by atoms with Gasteiger partial charge in [0.15, 0.2) is 11.6 Å². The first kappa shape index (κ1) is 24.1. The van der Waals surface area contributed by atoms with Gasteiger partial charge in [-0.3, -0.25) is 9.44 Å². The highest BCUT2D eigenvalue weighted by atomic mass is 32.2. The summed E-state index contributed by atoms with van der Waals surface area (Å²) in [6.07, 6.45) is 0. The molecule has 0 bridgehead atoms. The lowest BCUT2D eigenvalue weighted by Crippen LogP contribution is -2.15. The minimum absolute atomic E-state index is 0.0900. The van der Waals surface area contributed by atoms with Crippen molar-refractivity contribution >= 4 is 31.4 Å². The van der Waals surface area contributed by atoms with Crippen LogP contribution in [-0.2, 0) is 20.0 Å². The maximum absolute atomic E-state index is 13.9. The van der Waals surface area contributed by atoms with Crippen LogP contribution in [0.25, 0.3) is 0 Å². The summed E-state index contributed by atoms with van der Waals surface area (Å²) in [5.74, 6) is -0.177. The van der Waals surface area contributed by atoms with Gasteiger partial charge in [0, 0.05) is 11.8 Å². The lowest BCUT2D eigenvalue weighted by atomic mass is 10.3. The van der Waals surface area contributed by atoms with Gasteiger partial charge in [-0.2, -0.15) is 0 Å². The molecule has 3 aromatic carbocycles. The zero-order valence-corrected chi connectivity index (χ0v) is 19.5. The Labute approximate surface area is 191 Å². The van der Waals surface area contributed by atoms with E-state index in [1.807, 2.05) is 0 Å². The molecule has 0 amide bonds. The van der Waals surface area contributed by atoms with Crippen LogP contribution < -0.4 is 23.7 Å². The first-order valence-electron chi connectivity index (χ1n) is 9.31. The smallest absolute Gasteiger partial charge is 0.262 e. The van der Waals surface area contributed by atoms with Gasteiger partial charge in [0.25, 0.3) is 20.0 Å². The van der Waals surface area contributed by atoms with Gasteiger partial charge < -0.3 is 14.2 Å². The maximum Gasteiger partial charge on any atom is 0.262 e. The van der Waals surface area contributed by atoms with Gasteiger partial charge in [0.05, 0.1) is 36.8 Å². The molecule has 0 atom stereocenters. The van der Waals surface area contributed by atoms with Gasteiger partial charge in [-0.15, -0.1) is 0 Å². The van der Waals surface area contributed by atoms with Crippen LogP contribution in [0.3, 0.4) is 0 Å². The third-order valence-corrected chi connectivity index (χ3v) is 7.26. The highest BCUT2D eigenvalue weighted by Gasteiger charge is 2.19. The monoisotopic (exact) mass is 496 g/mol. The number of benzene rings is 3. The second kappa shape index (κ2) is 9.55. The molecule has 0 heterocycles. The van der Waals surface area contributed by atoms with Crippen molar-refractivity contribution in [3.05, 3.63) is 66.5 Å². The van der Waals surface area contributed by atoms with Crippen molar-refractivity contribution in [1.82, 2.24) is 0 Å². The average Bonchev–Trinajstić information content (AvgIpc) is 2.79. The summed E-state index contributed by atoms with van der Waals surface area (Å²) in [4.78, 5) is -0.426. The standard InChI is InChI=1S/C21H21FN2O7S2/c1-29-15-6-10-19(21(12-15)31-3)24-32(25,26)16-7-4-14(5-8-16)23-33(27,28)17-9-11-20(30-2)18(22)13-17/h4-13,23-24H,1-3H3. The molecule has 0 aliphatic rings. The van der Waals surface area contributed by atoms with Crippen molar-refractivity contribution in [1.29, 1.82) is 0 Å². The zero-order chi connectivity index (χ0) is 24.2. The topological polar surface area (TPSA) is 120 Å². The Balaban J connectivity index is 1.80. The molecule has 0 saturated heterocycles. The Morgan fingerprint density at radius 2 is 1.27 bits per heavy atom. The van der Waals surface area contributed by atoms with Gasteiger partial charge in [0.1, 0.15) is 11.5 Å². The van der Waals surface area contributed by atoms with E-state index in [1.54, 1.807) is 6.07 Å². The molecule has 0 aliphatic heterocycles. The number of ether oxygens (including phenoxy) is 3. The van der Waals surface area contributed by atoms with Crippen LogP contribution in [0.4, 0.5) is 15.8 Å². The molecule has 2 N–H and O–H groups in total. The van der Waals surface area contributed by atoms with Crippen molar-refractivity contribution in [2.24, 2.45) is 0 Å². The summed E-state index contributed by atoms with van der Waals surface area (Å²) < 4.78 is 84.2. The first-order valence-corrected chi connectivity index (χ1v) is 12.3. The third kappa shape index (κ3) is 5.46. The van der Waals surface area contributed by atoms with Crippen molar-refractivity contribution in [2.75, 3.05) is 30.8 Å². The lowest BCUT2D eigenvalue weighted by molar-refractivity contribution is 0.385. The summed E-state index contributed by atoms with van der Waals surface area (Å²) in [6, 6.07) is 12.8. The number of methoxy groups -OCH3 is 3. The van der Waals surface area contributed by atoms with Crippen LogP contribution in [0.2, 0.25) is 0 Å². The van der Waals surface area contributed by atoms with Crippen LogP contribution >= 0.6 is 0 Å². The second-order valence-electron chi connectivity index (χ2n) is 6.60. The Bertz CT molecular complexity index is 1360. The van der Waals surface area contributed by atoms with Gasteiger partial charge in [0.2, 0.25) is 0 Å². The molecule has 0 saturated carbocycles. The average molecular weight is 497 g/mol. The Morgan fingerprint density at radius 3 is 1.85 bits per heavy atom. The van der Waals surface area contributed by atoms with Crippen LogP contribution in [0.15, 0.2) is 70.5 Å². The zero-order valence-electron chi connectivity index (χ0n) is 17.8. The van der Waals surface area contributed by atoms with E-state index in [4.69, 9.17) is 14.2 Å². The predicted molar refractivity (Wildman–Crippen MR) is 121 cm³/mol. The van der Waals surface area contributed by atoms with E-state index >= 15 is 0 Å². The summed E-state index contributed by atoms with van der Waals surface area (Å²) in [7, 11) is -3.99. The quantitative estimate of drug-likeness (QED) is 0.466. The normalized spacial score (nSPS) is 11.5. The number of halogens is 1. The Morgan fingerprint density at radius 1 is 0.667 bits per heavy atom. The van der Waals surface area contributed by atoms with Crippen LogP contribution in [0.1, 0.15) is 0 Å². The molecule has 3 aromatic rings. The predicted octanol–water partition coefficient (Wildman–Crippen LogP) is 3.45. The molecule has 33 heavy (non-hydrogen) atoms. The Kier molecular flexibility index (Phi) is 6.98. The van der Waals surface area contributed by atoms with Gasteiger partial charge in [-0.05, 0) is 54.6 Å². The minimum atomic E-state index is -4.11. The molecule has 0 aliphatic carbocycles. The third-order valence-electron chi connectivity index (χ3n) is 4.50. The summed E-state index contributed by atoms with van der Waals surface area (Å²) >= 11 is 0. The van der Waals surface area contributed by atoms with Crippen molar-refractivity contribution in [3.63, 3.8) is 0 Å². The molecule has 9 nitrogen and oxygen atoms in total. The molecule has 0 unspecified atom stereocenters. The minimum Gasteiger partial charge on any atom is -0.497 e. The van der Waals surface area contributed by atoms with Gasteiger partial charge >= 0.3 is 0 Å². The fourth-order valence-electron chi connectivity index (χ4n) is 2.82. The summed E-state index contributed by atoms with van der Waals surface area (Å²) in [6.45, 7) is 0. The number of anilines is 2.